The number of carboxylic acid groups (broad SMARTS) is 1. The highest BCUT2D eigenvalue weighted by Gasteiger charge is 2.18. The van der Waals surface area contributed by atoms with E-state index in [1.807, 2.05) is 0 Å². The molecule has 1 amide bonds. The molecule has 0 saturated carbocycles. The van der Waals surface area contributed by atoms with Crippen LogP contribution in [0.3, 0.4) is 0 Å². The molecule has 1 rings (SSSR count). The lowest BCUT2D eigenvalue weighted by Gasteiger charge is -2.12. The molecule has 3 N–H and O–H groups in total. The van der Waals surface area contributed by atoms with Gasteiger partial charge in [0.15, 0.2) is 0 Å². The number of rotatable bonds is 7. The Bertz CT molecular complexity index is 495. The third-order valence-corrected chi connectivity index (χ3v) is 3.04. The summed E-state index contributed by atoms with van der Waals surface area (Å²) >= 11 is 11.5. The molecule has 0 aromatic heterocycles. The molecule has 0 bridgehead atoms. The number of aliphatic carboxylic acids is 1. The second-order valence-corrected chi connectivity index (χ2v) is 4.63. The van der Waals surface area contributed by atoms with E-state index in [1.165, 1.54) is 6.07 Å². The van der Waals surface area contributed by atoms with Gasteiger partial charge < -0.3 is 20.3 Å². The molecule has 0 heterocycles. The molecule has 1 unspecified atom stereocenters. The van der Waals surface area contributed by atoms with E-state index >= 15 is 0 Å². The number of hydrogen-bond donors (Lipinski definition) is 3. The summed E-state index contributed by atoms with van der Waals surface area (Å²) in [5.74, 6) is -1.39. The van der Waals surface area contributed by atoms with Crippen molar-refractivity contribution >= 4 is 35.1 Å². The average Bonchev–Trinajstić information content (AvgIpc) is 2.39. The van der Waals surface area contributed by atoms with Gasteiger partial charge in [-0.2, -0.15) is 0 Å². The van der Waals surface area contributed by atoms with Crippen LogP contribution in [0.15, 0.2) is 18.2 Å². The van der Waals surface area contributed by atoms with Gasteiger partial charge in [0.05, 0.1) is 29.7 Å². The Hall–Kier alpha value is -1.50. The third-order valence-electron chi connectivity index (χ3n) is 2.30. The van der Waals surface area contributed by atoms with Crippen molar-refractivity contribution in [3.8, 4) is 5.75 Å². The molecular formula is C12H13Cl2NO5. The number of hydrogen-bond acceptors (Lipinski definition) is 4. The summed E-state index contributed by atoms with van der Waals surface area (Å²) in [6.07, 6.45) is -0.0516. The summed E-state index contributed by atoms with van der Waals surface area (Å²) < 4.78 is 5.27. The Balaban J connectivity index is 2.38. The number of nitrogens with one attached hydrogen (secondary N) is 1. The SMILES string of the molecule is O=C(CCOc1ccc(Cl)c(Cl)c1)NC(CO)C(=O)O. The van der Waals surface area contributed by atoms with E-state index in [-0.39, 0.29) is 13.0 Å². The first-order valence-corrected chi connectivity index (χ1v) is 6.40. The first-order valence-electron chi connectivity index (χ1n) is 5.65. The molecule has 8 heteroatoms. The summed E-state index contributed by atoms with van der Waals surface area (Å²) in [4.78, 5) is 22.0. The van der Waals surface area contributed by atoms with Crippen LogP contribution in [-0.2, 0) is 9.59 Å². The smallest absolute Gasteiger partial charge is 0.328 e. The van der Waals surface area contributed by atoms with Crippen LogP contribution in [0.25, 0.3) is 0 Å². The van der Waals surface area contributed by atoms with E-state index in [0.29, 0.717) is 15.8 Å². The van der Waals surface area contributed by atoms with Crippen molar-refractivity contribution in [3.05, 3.63) is 28.2 Å². The molecule has 0 aliphatic heterocycles. The van der Waals surface area contributed by atoms with Gasteiger partial charge in [-0.05, 0) is 12.1 Å². The largest absolute Gasteiger partial charge is 0.493 e. The van der Waals surface area contributed by atoms with Crippen LogP contribution in [0.5, 0.6) is 5.75 Å². The number of benzene rings is 1. The quantitative estimate of drug-likeness (QED) is 0.704. The van der Waals surface area contributed by atoms with Crippen LogP contribution in [0, 0.1) is 0 Å². The first-order chi connectivity index (χ1) is 9.43. The molecule has 0 saturated heterocycles. The number of aliphatic hydroxyl groups is 1. The summed E-state index contributed by atoms with van der Waals surface area (Å²) in [7, 11) is 0. The highest BCUT2D eigenvalue weighted by atomic mass is 35.5. The van der Waals surface area contributed by atoms with Crippen LogP contribution in [-0.4, -0.2) is 41.3 Å². The normalized spacial score (nSPS) is 11.8. The minimum Gasteiger partial charge on any atom is -0.493 e. The van der Waals surface area contributed by atoms with Gasteiger partial charge in [0.25, 0.3) is 0 Å². The monoisotopic (exact) mass is 321 g/mol. The lowest BCUT2D eigenvalue weighted by atomic mass is 10.3. The second-order valence-electron chi connectivity index (χ2n) is 3.82. The summed E-state index contributed by atoms with van der Waals surface area (Å²) in [6, 6.07) is 3.36. The van der Waals surface area contributed by atoms with E-state index in [1.54, 1.807) is 12.1 Å². The van der Waals surface area contributed by atoms with Crippen molar-refractivity contribution in [2.45, 2.75) is 12.5 Å². The van der Waals surface area contributed by atoms with Gasteiger partial charge >= 0.3 is 5.97 Å². The fourth-order valence-electron chi connectivity index (χ4n) is 1.28. The lowest BCUT2D eigenvalue weighted by molar-refractivity contribution is -0.143. The maximum Gasteiger partial charge on any atom is 0.328 e. The number of aliphatic hydroxyl groups excluding tert-OH is 1. The predicted octanol–water partition coefficient (Wildman–Crippen LogP) is 1.32. The highest BCUT2D eigenvalue weighted by Crippen LogP contribution is 2.26. The Morgan fingerprint density at radius 1 is 1.30 bits per heavy atom. The summed E-state index contributed by atoms with van der Waals surface area (Å²) in [5.41, 5.74) is 0. The van der Waals surface area contributed by atoms with Crippen LogP contribution in [0.2, 0.25) is 10.0 Å². The number of halogens is 2. The van der Waals surface area contributed by atoms with Gasteiger partial charge in [-0.25, -0.2) is 4.79 Å². The van der Waals surface area contributed by atoms with Crippen molar-refractivity contribution < 1.29 is 24.5 Å². The Labute approximate surface area is 125 Å². The zero-order valence-electron chi connectivity index (χ0n) is 10.3. The van der Waals surface area contributed by atoms with E-state index in [4.69, 9.17) is 38.2 Å². The molecule has 0 fully saturated rings. The fourth-order valence-corrected chi connectivity index (χ4v) is 1.57. The molecule has 110 valence electrons. The van der Waals surface area contributed by atoms with Gasteiger partial charge in [-0.1, -0.05) is 23.2 Å². The zero-order valence-corrected chi connectivity index (χ0v) is 11.8. The van der Waals surface area contributed by atoms with E-state index < -0.39 is 24.5 Å². The van der Waals surface area contributed by atoms with Gasteiger partial charge in [0.1, 0.15) is 11.8 Å². The van der Waals surface area contributed by atoms with Crippen molar-refractivity contribution in [2.75, 3.05) is 13.2 Å². The molecule has 0 aliphatic rings. The van der Waals surface area contributed by atoms with Crippen LogP contribution >= 0.6 is 23.2 Å². The van der Waals surface area contributed by atoms with Crippen LogP contribution in [0.4, 0.5) is 0 Å². The summed E-state index contributed by atoms with van der Waals surface area (Å²) in [6.45, 7) is -0.629. The Morgan fingerprint density at radius 3 is 2.55 bits per heavy atom. The predicted molar refractivity (Wildman–Crippen MR) is 73.2 cm³/mol. The number of carbonyl (C=O) groups is 2. The Morgan fingerprint density at radius 2 is 2.00 bits per heavy atom. The van der Waals surface area contributed by atoms with Crippen LogP contribution in [0.1, 0.15) is 6.42 Å². The van der Waals surface area contributed by atoms with Gasteiger partial charge in [0.2, 0.25) is 5.91 Å². The fraction of sp³-hybridized carbons (Fsp3) is 0.333. The number of carboxylic acids is 1. The maximum atomic E-state index is 11.4. The zero-order chi connectivity index (χ0) is 15.1. The maximum absolute atomic E-state index is 11.4. The molecule has 1 aromatic carbocycles. The number of amides is 1. The van der Waals surface area contributed by atoms with E-state index in [9.17, 15) is 9.59 Å². The molecule has 1 atom stereocenters. The van der Waals surface area contributed by atoms with Crippen molar-refractivity contribution in [2.24, 2.45) is 0 Å². The molecule has 0 aliphatic carbocycles. The average molecular weight is 322 g/mol. The second kappa shape index (κ2) is 7.94. The van der Waals surface area contributed by atoms with E-state index in [2.05, 4.69) is 5.32 Å². The highest BCUT2D eigenvalue weighted by molar-refractivity contribution is 6.42. The van der Waals surface area contributed by atoms with Crippen LogP contribution < -0.4 is 10.1 Å². The number of carbonyl (C=O) groups excluding carboxylic acids is 1. The first kappa shape index (κ1) is 16.6. The minimum absolute atomic E-state index is 0.0432. The van der Waals surface area contributed by atoms with Crippen molar-refractivity contribution in [1.82, 2.24) is 5.32 Å². The minimum atomic E-state index is -1.31. The lowest BCUT2D eigenvalue weighted by Crippen LogP contribution is -2.43. The van der Waals surface area contributed by atoms with Gasteiger partial charge in [0, 0.05) is 6.07 Å². The van der Waals surface area contributed by atoms with E-state index in [0.717, 1.165) is 0 Å². The van der Waals surface area contributed by atoms with Gasteiger partial charge in [-0.3, -0.25) is 4.79 Å². The number of ether oxygens (including phenoxy) is 1. The molecule has 6 nitrogen and oxygen atoms in total. The Kier molecular flexibility index (Phi) is 6.57. The molecule has 0 radical (unpaired) electrons. The topological polar surface area (TPSA) is 95.9 Å². The molecule has 0 spiro atoms. The van der Waals surface area contributed by atoms with Crippen molar-refractivity contribution in [1.29, 1.82) is 0 Å². The molecule has 1 aromatic rings. The summed E-state index contributed by atoms with van der Waals surface area (Å²) in [5, 5.41) is 20.3. The molecule has 20 heavy (non-hydrogen) atoms. The standard InChI is InChI=1S/C12H13Cl2NO5/c13-8-2-1-7(5-9(8)14)20-4-3-11(17)15-10(6-16)12(18)19/h1-2,5,10,16H,3-4,6H2,(H,15,17)(H,18,19). The van der Waals surface area contributed by atoms with Crippen molar-refractivity contribution in [3.63, 3.8) is 0 Å². The van der Waals surface area contributed by atoms with Gasteiger partial charge in [-0.15, -0.1) is 0 Å². The molecular weight excluding hydrogens is 309 g/mol. The third kappa shape index (κ3) is 5.24.